The fourth-order valence-electron chi connectivity index (χ4n) is 2.45. The number of nitrogens with two attached hydrogens (primary N) is 1. The zero-order valence-corrected chi connectivity index (χ0v) is 13.1. The van der Waals surface area contributed by atoms with E-state index in [0.717, 1.165) is 16.8 Å². The quantitative estimate of drug-likeness (QED) is 0.675. The number of anilines is 3. The molecule has 1 aromatic carbocycles. The second-order valence-corrected chi connectivity index (χ2v) is 5.28. The van der Waals surface area contributed by atoms with Gasteiger partial charge in [-0.15, -0.1) is 5.10 Å². The van der Waals surface area contributed by atoms with E-state index in [1.165, 1.54) is 10.7 Å². The van der Waals surface area contributed by atoms with Crippen LogP contribution in [0.15, 0.2) is 24.4 Å². The molecule has 0 aliphatic heterocycles. The Labute approximate surface area is 132 Å². The molecule has 8 heteroatoms. The van der Waals surface area contributed by atoms with Gasteiger partial charge in [0.05, 0.1) is 6.20 Å². The number of rotatable bonds is 4. The topological polar surface area (TPSA) is 110 Å². The van der Waals surface area contributed by atoms with Gasteiger partial charge in [0.15, 0.2) is 17.2 Å². The van der Waals surface area contributed by atoms with Crippen molar-refractivity contribution in [3.05, 3.63) is 41.2 Å². The molecule has 1 amide bonds. The Balaban J connectivity index is 2.10. The zero-order valence-electron chi connectivity index (χ0n) is 13.1. The van der Waals surface area contributed by atoms with Gasteiger partial charge < -0.3 is 16.4 Å². The summed E-state index contributed by atoms with van der Waals surface area (Å²) in [6.07, 6.45) is 1.38. The molecule has 0 spiro atoms. The van der Waals surface area contributed by atoms with Gasteiger partial charge in [-0.3, -0.25) is 4.79 Å². The van der Waals surface area contributed by atoms with Crippen molar-refractivity contribution in [1.29, 1.82) is 0 Å². The summed E-state index contributed by atoms with van der Waals surface area (Å²) in [6.45, 7) is 4.03. The first-order valence-corrected chi connectivity index (χ1v) is 7.06. The lowest BCUT2D eigenvalue weighted by molar-refractivity contribution is 0.0993. The normalized spacial score (nSPS) is 10.7. The van der Waals surface area contributed by atoms with Crippen LogP contribution >= 0.6 is 0 Å². The first kappa shape index (κ1) is 14.8. The molecule has 118 valence electrons. The number of hydrogen-bond donors (Lipinski definition) is 3. The summed E-state index contributed by atoms with van der Waals surface area (Å²) in [4.78, 5) is 20.0. The standard InChI is InChI=1S/C15H17N7O/c1-8-4-9(2)6-10(5-8)19-15-20-13(17-3)14-18-7-11(12(16)23)22(14)21-15/h4-7H,1-3H3,(H2,16,23)(H2,17,19,20,21). The highest BCUT2D eigenvalue weighted by atomic mass is 16.1. The molecule has 0 radical (unpaired) electrons. The van der Waals surface area contributed by atoms with E-state index in [9.17, 15) is 4.79 Å². The average molecular weight is 311 g/mol. The van der Waals surface area contributed by atoms with Crippen molar-refractivity contribution in [3.8, 4) is 0 Å². The van der Waals surface area contributed by atoms with Gasteiger partial charge in [-0.1, -0.05) is 6.07 Å². The third-order valence-corrected chi connectivity index (χ3v) is 3.33. The maximum absolute atomic E-state index is 11.5. The number of nitrogens with one attached hydrogen (secondary N) is 2. The molecule has 0 aliphatic carbocycles. The highest BCUT2D eigenvalue weighted by Crippen LogP contribution is 2.20. The Morgan fingerprint density at radius 1 is 1.22 bits per heavy atom. The molecule has 0 saturated heterocycles. The number of benzene rings is 1. The largest absolute Gasteiger partial charge is 0.370 e. The van der Waals surface area contributed by atoms with E-state index < -0.39 is 5.91 Å². The highest BCUT2D eigenvalue weighted by molar-refractivity contribution is 5.92. The summed E-state index contributed by atoms with van der Waals surface area (Å²) >= 11 is 0. The lowest BCUT2D eigenvalue weighted by atomic mass is 10.1. The Morgan fingerprint density at radius 3 is 2.52 bits per heavy atom. The molecule has 23 heavy (non-hydrogen) atoms. The van der Waals surface area contributed by atoms with Crippen LogP contribution in [0, 0.1) is 13.8 Å². The summed E-state index contributed by atoms with van der Waals surface area (Å²) in [5.74, 6) is 0.238. The summed E-state index contributed by atoms with van der Waals surface area (Å²) < 4.78 is 1.38. The number of hydrogen-bond acceptors (Lipinski definition) is 6. The summed E-state index contributed by atoms with van der Waals surface area (Å²) in [7, 11) is 1.72. The van der Waals surface area contributed by atoms with E-state index in [1.54, 1.807) is 7.05 Å². The molecule has 0 unspecified atom stereocenters. The van der Waals surface area contributed by atoms with Crippen LogP contribution in [-0.4, -0.2) is 32.5 Å². The van der Waals surface area contributed by atoms with Crippen molar-refractivity contribution in [2.45, 2.75) is 13.8 Å². The molecule has 0 bridgehead atoms. The Kier molecular flexibility index (Phi) is 3.57. The average Bonchev–Trinajstić information content (AvgIpc) is 2.89. The fourth-order valence-corrected chi connectivity index (χ4v) is 2.45. The molecule has 2 heterocycles. The van der Waals surface area contributed by atoms with Gasteiger partial charge in [0.1, 0.15) is 0 Å². The number of amides is 1. The molecule has 2 aromatic heterocycles. The van der Waals surface area contributed by atoms with Crippen LogP contribution in [0.5, 0.6) is 0 Å². The second kappa shape index (κ2) is 5.56. The van der Waals surface area contributed by atoms with Gasteiger partial charge in [0.2, 0.25) is 5.95 Å². The van der Waals surface area contributed by atoms with E-state index in [-0.39, 0.29) is 5.69 Å². The maximum Gasteiger partial charge on any atom is 0.269 e. The number of carbonyl (C=O) groups excluding carboxylic acids is 1. The van der Waals surface area contributed by atoms with Crippen molar-refractivity contribution in [3.63, 3.8) is 0 Å². The van der Waals surface area contributed by atoms with Crippen molar-refractivity contribution in [2.75, 3.05) is 17.7 Å². The van der Waals surface area contributed by atoms with Gasteiger partial charge in [-0.2, -0.15) is 4.98 Å². The summed E-state index contributed by atoms with van der Waals surface area (Å²) in [5, 5.41) is 10.4. The third kappa shape index (κ3) is 2.78. The van der Waals surface area contributed by atoms with Gasteiger partial charge >= 0.3 is 0 Å². The number of aromatic nitrogens is 4. The fraction of sp³-hybridized carbons (Fsp3) is 0.200. The maximum atomic E-state index is 11.5. The molecular weight excluding hydrogens is 294 g/mol. The summed E-state index contributed by atoms with van der Waals surface area (Å²) in [6, 6.07) is 6.06. The predicted molar refractivity (Wildman–Crippen MR) is 88.0 cm³/mol. The van der Waals surface area contributed by atoms with E-state index in [4.69, 9.17) is 5.73 Å². The Hall–Kier alpha value is -3.16. The molecule has 0 fully saturated rings. The minimum Gasteiger partial charge on any atom is -0.370 e. The summed E-state index contributed by atoms with van der Waals surface area (Å²) in [5.41, 5.74) is 9.11. The third-order valence-electron chi connectivity index (χ3n) is 3.33. The lowest BCUT2D eigenvalue weighted by Crippen LogP contribution is -2.16. The van der Waals surface area contributed by atoms with Gasteiger partial charge in [-0.25, -0.2) is 9.50 Å². The van der Waals surface area contributed by atoms with E-state index in [0.29, 0.717) is 17.4 Å². The number of primary amides is 1. The van der Waals surface area contributed by atoms with Crippen LogP contribution in [0.3, 0.4) is 0 Å². The number of aryl methyl sites for hydroxylation is 2. The van der Waals surface area contributed by atoms with Crippen LogP contribution in [0.25, 0.3) is 5.65 Å². The minimum absolute atomic E-state index is 0.197. The lowest BCUT2D eigenvalue weighted by Gasteiger charge is -2.10. The van der Waals surface area contributed by atoms with Gasteiger partial charge in [-0.05, 0) is 37.1 Å². The molecule has 8 nitrogen and oxygen atoms in total. The highest BCUT2D eigenvalue weighted by Gasteiger charge is 2.15. The van der Waals surface area contributed by atoms with Crippen LogP contribution in [0.1, 0.15) is 21.6 Å². The van der Waals surface area contributed by atoms with Crippen LogP contribution in [0.2, 0.25) is 0 Å². The molecule has 0 aliphatic rings. The predicted octanol–water partition coefficient (Wildman–Crippen LogP) is 1.63. The number of imidazole rings is 1. The SMILES string of the molecule is CNc1nc(Nc2cc(C)cc(C)c2)nn2c(C(N)=O)cnc12. The molecule has 0 saturated carbocycles. The van der Waals surface area contributed by atoms with E-state index in [1.807, 2.05) is 26.0 Å². The first-order valence-electron chi connectivity index (χ1n) is 7.06. The van der Waals surface area contributed by atoms with Crippen molar-refractivity contribution in [2.24, 2.45) is 5.73 Å². The van der Waals surface area contributed by atoms with Crippen molar-refractivity contribution >= 4 is 29.0 Å². The minimum atomic E-state index is -0.601. The number of fused-ring (bicyclic) bond motifs is 1. The number of carbonyl (C=O) groups is 1. The zero-order chi connectivity index (χ0) is 16.6. The second-order valence-electron chi connectivity index (χ2n) is 5.28. The van der Waals surface area contributed by atoms with Crippen LogP contribution < -0.4 is 16.4 Å². The monoisotopic (exact) mass is 311 g/mol. The van der Waals surface area contributed by atoms with Gasteiger partial charge in [0.25, 0.3) is 5.91 Å². The number of nitrogens with zero attached hydrogens (tertiary/aromatic N) is 4. The molecule has 3 rings (SSSR count). The Bertz CT molecular complexity index is 880. The smallest absolute Gasteiger partial charge is 0.269 e. The first-order chi connectivity index (χ1) is 11.0. The van der Waals surface area contributed by atoms with Crippen LogP contribution in [-0.2, 0) is 0 Å². The van der Waals surface area contributed by atoms with E-state index >= 15 is 0 Å². The van der Waals surface area contributed by atoms with Gasteiger partial charge in [0, 0.05) is 12.7 Å². The molecule has 3 aromatic rings. The Morgan fingerprint density at radius 2 is 1.91 bits per heavy atom. The van der Waals surface area contributed by atoms with Crippen LogP contribution in [0.4, 0.5) is 17.5 Å². The van der Waals surface area contributed by atoms with Crippen molar-refractivity contribution in [1.82, 2.24) is 19.6 Å². The van der Waals surface area contributed by atoms with Crippen molar-refractivity contribution < 1.29 is 4.79 Å². The molecular formula is C15H17N7O. The van der Waals surface area contributed by atoms with E-state index in [2.05, 4.69) is 31.8 Å². The molecule has 4 N–H and O–H groups in total. The molecule has 0 atom stereocenters.